The summed E-state index contributed by atoms with van der Waals surface area (Å²) in [5.74, 6) is 6.32. The van der Waals surface area contributed by atoms with Crippen LogP contribution in [-0.4, -0.2) is 9.97 Å². The van der Waals surface area contributed by atoms with Crippen LogP contribution in [0.3, 0.4) is 0 Å². The molecule has 6 heteroatoms. The van der Waals surface area contributed by atoms with Crippen LogP contribution in [0.2, 0.25) is 0 Å². The SMILES string of the molecule is Cc1cc2c(NN)nc(-c3ccc(F)cc3)nc2s1. The van der Waals surface area contributed by atoms with E-state index in [4.69, 9.17) is 5.84 Å². The molecule has 2 aromatic heterocycles. The van der Waals surface area contributed by atoms with Gasteiger partial charge in [-0.25, -0.2) is 20.2 Å². The highest BCUT2D eigenvalue weighted by molar-refractivity contribution is 7.18. The van der Waals surface area contributed by atoms with Crippen molar-refractivity contribution in [1.29, 1.82) is 0 Å². The molecule has 0 unspecified atom stereocenters. The molecule has 3 rings (SSSR count). The fraction of sp³-hybridized carbons (Fsp3) is 0.0769. The Labute approximate surface area is 113 Å². The van der Waals surface area contributed by atoms with Crippen LogP contribution in [0.5, 0.6) is 0 Å². The Bertz CT molecular complexity index is 736. The number of hydrazine groups is 1. The first-order chi connectivity index (χ1) is 9.17. The molecule has 1 aromatic carbocycles. The first-order valence-electron chi connectivity index (χ1n) is 5.68. The molecule has 0 fully saturated rings. The number of fused-ring (bicyclic) bond motifs is 1. The number of anilines is 1. The molecule has 3 aromatic rings. The van der Waals surface area contributed by atoms with Gasteiger partial charge in [-0.3, -0.25) is 0 Å². The number of hydrogen-bond donors (Lipinski definition) is 2. The Kier molecular flexibility index (Phi) is 2.88. The van der Waals surface area contributed by atoms with E-state index in [1.165, 1.54) is 12.1 Å². The van der Waals surface area contributed by atoms with Crippen LogP contribution < -0.4 is 11.3 Å². The third-order valence-electron chi connectivity index (χ3n) is 2.76. The topological polar surface area (TPSA) is 63.8 Å². The molecule has 0 atom stereocenters. The van der Waals surface area contributed by atoms with Gasteiger partial charge in [0.25, 0.3) is 0 Å². The Hall–Kier alpha value is -2.05. The van der Waals surface area contributed by atoms with Gasteiger partial charge in [0, 0.05) is 10.4 Å². The lowest BCUT2D eigenvalue weighted by atomic mass is 10.2. The van der Waals surface area contributed by atoms with Crippen molar-refractivity contribution in [1.82, 2.24) is 9.97 Å². The number of hydrogen-bond acceptors (Lipinski definition) is 5. The third kappa shape index (κ3) is 2.16. The second-order valence-corrected chi connectivity index (χ2v) is 5.36. The zero-order valence-corrected chi connectivity index (χ0v) is 11.0. The highest BCUT2D eigenvalue weighted by atomic mass is 32.1. The second kappa shape index (κ2) is 4.56. The third-order valence-corrected chi connectivity index (χ3v) is 3.70. The molecule has 0 aliphatic heterocycles. The number of nitrogens with zero attached hydrogens (tertiary/aromatic N) is 2. The van der Waals surface area contributed by atoms with Crippen LogP contribution in [-0.2, 0) is 0 Å². The maximum absolute atomic E-state index is 12.9. The molecule has 0 spiro atoms. The van der Waals surface area contributed by atoms with Crippen molar-refractivity contribution in [2.75, 3.05) is 5.43 Å². The van der Waals surface area contributed by atoms with E-state index in [2.05, 4.69) is 15.4 Å². The number of benzene rings is 1. The molecular weight excluding hydrogens is 263 g/mol. The van der Waals surface area contributed by atoms with Gasteiger partial charge < -0.3 is 5.43 Å². The second-order valence-electron chi connectivity index (χ2n) is 4.12. The van der Waals surface area contributed by atoms with E-state index in [9.17, 15) is 4.39 Å². The smallest absolute Gasteiger partial charge is 0.163 e. The number of aryl methyl sites for hydroxylation is 1. The molecule has 0 saturated heterocycles. The molecule has 3 N–H and O–H groups in total. The number of nitrogens with one attached hydrogen (secondary N) is 1. The molecule has 2 heterocycles. The van der Waals surface area contributed by atoms with Crippen LogP contribution in [0.25, 0.3) is 21.6 Å². The van der Waals surface area contributed by atoms with Crippen molar-refractivity contribution in [2.45, 2.75) is 6.92 Å². The standard InChI is InChI=1S/C13H11FN4S/c1-7-6-10-12(18-15)16-11(17-13(10)19-7)8-2-4-9(14)5-3-8/h2-6H,15H2,1H3,(H,16,17,18). The van der Waals surface area contributed by atoms with Crippen molar-refractivity contribution in [2.24, 2.45) is 5.84 Å². The predicted octanol–water partition coefficient (Wildman–Crippen LogP) is 3.09. The van der Waals surface area contributed by atoms with Crippen LogP contribution >= 0.6 is 11.3 Å². The number of rotatable bonds is 2. The molecule has 4 nitrogen and oxygen atoms in total. The van der Waals surface area contributed by atoms with Crippen molar-refractivity contribution in [3.63, 3.8) is 0 Å². The van der Waals surface area contributed by atoms with Crippen LogP contribution in [0.4, 0.5) is 10.2 Å². The van der Waals surface area contributed by atoms with E-state index >= 15 is 0 Å². The number of aromatic nitrogens is 2. The summed E-state index contributed by atoms with van der Waals surface area (Å²) in [5.41, 5.74) is 3.34. The summed E-state index contributed by atoms with van der Waals surface area (Å²) in [7, 11) is 0. The maximum atomic E-state index is 12.9. The first-order valence-corrected chi connectivity index (χ1v) is 6.50. The van der Waals surface area contributed by atoms with Gasteiger partial charge in [-0.2, -0.15) is 0 Å². The predicted molar refractivity (Wildman–Crippen MR) is 75.4 cm³/mol. The summed E-state index contributed by atoms with van der Waals surface area (Å²) in [5, 5.41) is 0.899. The largest absolute Gasteiger partial charge is 0.308 e. The molecule has 0 saturated carbocycles. The van der Waals surface area contributed by atoms with Gasteiger partial charge >= 0.3 is 0 Å². The van der Waals surface area contributed by atoms with Crippen LogP contribution in [0, 0.1) is 12.7 Å². The minimum Gasteiger partial charge on any atom is -0.308 e. The normalized spacial score (nSPS) is 10.9. The lowest BCUT2D eigenvalue weighted by Crippen LogP contribution is -2.09. The maximum Gasteiger partial charge on any atom is 0.163 e. The van der Waals surface area contributed by atoms with Crippen molar-refractivity contribution in [3.8, 4) is 11.4 Å². The molecule has 0 aliphatic carbocycles. The lowest BCUT2D eigenvalue weighted by Gasteiger charge is -2.05. The molecule has 0 amide bonds. The molecule has 96 valence electrons. The van der Waals surface area contributed by atoms with Gasteiger partial charge in [-0.15, -0.1) is 11.3 Å². The molecule has 0 radical (unpaired) electrons. The number of thiophene rings is 1. The number of halogens is 1. The van der Waals surface area contributed by atoms with Gasteiger partial charge in [-0.05, 0) is 37.3 Å². The Balaban J connectivity index is 2.21. The monoisotopic (exact) mass is 274 g/mol. The van der Waals surface area contributed by atoms with E-state index in [1.807, 2.05) is 13.0 Å². The summed E-state index contributed by atoms with van der Waals surface area (Å²) < 4.78 is 12.9. The fourth-order valence-electron chi connectivity index (χ4n) is 1.88. The van der Waals surface area contributed by atoms with Gasteiger partial charge in [0.1, 0.15) is 10.6 Å². The quantitative estimate of drug-likeness (QED) is 0.557. The highest BCUT2D eigenvalue weighted by Crippen LogP contribution is 2.30. The molecule has 0 bridgehead atoms. The zero-order chi connectivity index (χ0) is 13.4. The van der Waals surface area contributed by atoms with Crippen molar-refractivity contribution < 1.29 is 4.39 Å². The Morgan fingerprint density at radius 3 is 2.63 bits per heavy atom. The van der Waals surface area contributed by atoms with E-state index in [1.54, 1.807) is 23.5 Å². The van der Waals surface area contributed by atoms with E-state index < -0.39 is 0 Å². The first kappa shape index (κ1) is 12.0. The summed E-state index contributed by atoms with van der Waals surface area (Å²) in [4.78, 5) is 10.9. The van der Waals surface area contributed by atoms with Gasteiger partial charge in [-0.1, -0.05) is 0 Å². The van der Waals surface area contributed by atoms with Crippen molar-refractivity contribution >= 4 is 27.4 Å². The number of nitrogens with two attached hydrogens (primary N) is 1. The lowest BCUT2D eigenvalue weighted by molar-refractivity contribution is 0.628. The fourth-order valence-corrected chi connectivity index (χ4v) is 2.76. The highest BCUT2D eigenvalue weighted by Gasteiger charge is 2.11. The molecule has 19 heavy (non-hydrogen) atoms. The summed E-state index contributed by atoms with van der Waals surface area (Å²) in [6.45, 7) is 2.00. The average molecular weight is 274 g/mol. The number of nitrogen functional groups attached to an aromatic ring is 1. The van der Waals surface area contributed by atoms with Crippen molar-refractivity contribution in [3.05, 3.63) is 41.0 Å². The van der Waals surface area contributed by atoms with Crippen LogP contribution in [0.15, 0.2) is 30.3 Å². The van der Waals surface area contributed by atoms with Gasteiger partial charge in [0.05, 0.1) is 5.39 Å². The zero-order valence-electron chi connectivity index (χ0n) is 10.1. The molecular formula is C13H11FN4S. The minimum absolute atomic E-state index is 0.283. The van der Waals surface area contributed by atoms with E-state index in [-0.39, 0.29) is 5.82 Å². The Morgan fingerprint density at radius 1 is 1.21 bits per heavy atom. The van der Waals surface area contributed by atoms with E-state index in [0.717, 1.165) is 20.7 Å². The molecule has 0 aliphatic rings. The van der Waals surface area contributed by atoms with Crippen LogP contribution in [0.1, 0.15) is 4.88 Å². The van der Waals surface area contributed by atoms with Gasteiger partial charge in [0.15, 0.2) is 11.6 Å². The minimum atomic E-state index is -0.283. The Morgan fingerprint density at radius 2 is 1.95 bits per heavy atom. The summed E-state index contributed by atoms with van der Waals surface area (Å²) >= 11 is 1.57. The summed E-state index contributed by atoms with van der Waals surface area (Å²) in [6.07, 6.45) is 0. The van der Waals surface area contributed by atoms with E-state index in [0.29, 0.717) is 11.6 Å². The summed E-state index contributed by atoms with van der Waals surface area (Å²) in [6, 6.07) is 8.06. The average Bonchev–Trinajstić information content (AvgIpc) is 2.78. The van der Waals surface area contributed by atoms with Gasteiger partial charge in [0.2, 0.25) is 0 Å².